The number of aliphatic carboxylic acids is 1. The molecule has 1 saturated heterocycles. The van der Waals surface area contributed by atoms with Gasteiger partial charge in [0.1, 0.15) is 5.82 Å². The van der Waals surface area contributed by atoms with Crippen LogP contribution in [0.1, 0.15) is 49.4 Å². The van der Waals surface area contributed by atoms with Crippen LogP contribution in [0.4, 0.5) is 4.39 Å². The van der Waals surface area contributed by atoms with E-state index in [1.54, 1.807) is 23.6 Å². The van der Waals surface area contributed by atoms with Gasteiger partial charge in [0.15, 0.2) is 10.9 Å². The number of piperidine rings is 1. The van der Waals surface area contributed by atoms with Gasteiger partial charge in [-0.3, -0.25) is 19.3 Å². The number of carbonyl (C=O) groups excluding carboxylic acids is 2. The van der Waals surface area contributed by atoms with E-state index in [9.17, 15) is 18.8 Å². The fourth-order valence-electron chi connectivity index (χ4n) is 4.05. The summed E-state index contributed by atoms with van der Waals surface area (Å²) in [6, 6.07) is 5.73. The molecule has 1 aromatic carbocycles. The number of Topliss-reactive ketones (excluding diaryl/α,β-unsaturated/α-hetero) is 1. The largest absolute Gasteiger partial charge is 0.481 e. The Morgan fingerprint density at radius 3 is 2.70 bits per heavy atom. The van der Waals surface area contributed by atoms with Gasteiger partial charge in [-0.25, -0.2) is 4.39 Å². The molecule has 10 heteroatoms. The molecule has 7 nitrogen and oxygen atoms in total. The van der Waals surface area contributed by atoms with Gasteiger partial charge in [0.2, 0.25) is 0 Å². The lowest BCUT2D eigenvalue weighted by molar-refractivity contribution is -0.138. The summed E-state index contributed by atoms with van der Waals surface area (Å²) in [6.45, 7) is 0.910. The van der Waals surface area contributed by atoms with Gasteiger partial charge in [0.05, 0.1) is 18.2 Å². The summed E-state index contributed by atoms with van der Waals surface area (Å²) in [5.74, 6) is -1.40. The van der Waals surface area contributed by atoms with E-state index in [0.717, 1.165) is 30.2 Å². The quantitative estimate of drug-likeness (QED) is 0.565. The zero-order chi connectivity index (χ0) is 23.4. The third kappa shape index (κ3) is 6.13. The van der Waals surface area contributed by atoms with E-state index in [1.807, 2.05) is 11.0 Å². The number of ketones is 1. The van der Waals surface area contributed by atoms with Crippen LogP contribution in [-0.2, 0) is 14.4 Å². The number of likely N-dealkylation sites (tertiary alicyclic amines) is 1. The van der Waals surface area contributed by atoms with Crippen LogP contribution < -0.4 is 0 Å². The second-order valence-corrected chi connectivity index (χ2v) is 10.2. The highest BCUT2D eigenvalue weighted by Crippen LogP contribution is 2.40. The van der Waals surface area contributed by atoms with Crippen LogP contribution in [0.3, 0.4) is 0 Å². The number of thioether (sulfide) groups is 1. The third-order valence-electron chi connectivity index (χ3n) is 5.82. The number of rotatable bonds is 9. The zero-order valence-corrected chi connectivity index (χ0v) is 19.5. The molecule has 0 bridgehead atoms. The van der Waals surface area contributed by atoms with Crippen molar-refractivity contribution in [2.24, 2.45) is 5.92 Å². The van der Waals surface area contributed by atoms with Crippen molar-refractivity contribution >= 4 is 46.2 Å². The van der Waals surface area contributed by atoms with Crippen LogP contribution in [0.25, 0.3) is 6.08 Å². The van der Waals surface area contributed by atoms with Gasteiger partial charge in [0, 0.05) is 41.6 Å². The van der Waals surface area contributed by atoms with Crippen LogP contribution >= 0.6 is 23.3 Å². The highest BCUT2D eigenvalue weighted by atomic mass is 32.2. The molecule has 4 rings (SSSR count). The molecule has 0 radical (unpaired) electrons. The van der Waals surface area contributed by atoms with E-state index >= 15 is 0 Å². The summed E-state index contributed by atoms with van der Waals surface area (Å²) in [5, 5.41) is 14.4. The van der Waals surface area contributed by atoms with Crippen LogP contribution in [0.5, 0.6) is 0 Å². The van der Waals surface area contributed by atoms with E-state index in [2.05, 4.69) is 9.59 Å². The van der Waals surface area contributed by atoms with Crippen LogP contribution in [-0.4, -0.2) is 54.8 Å². The molecule has 2 heterocycles. The molecule has 1 aromatic heterocycles. The van der Waals surface area contributed by atoms with E-state index in [1.165, 1.54) is 17.6 Å². The molecular weight excluding hydrogens is 465 g/mol. The molecule has 0 amide bonds. The number of benzene rings is 1. The van der Waals surface area contributed by atoms with Gasteiger partial charge in [-0.15, -0.1) is 5.10 Å². The van der Waals surface area contributed by atoms with Gasteiger partial charge < -0.3 is 5.11 Å². The number of halogens is 1. The van der Waals surface area contributed by atoms with Gasteiger partial charge in [-0.2, -0.15) is 0 Å². The molecule has 2 atom stereocenters. The minimum Gasteiger partial charge on any atom is -0.481 e. The van der Waals surface area contributed by atoms with Crippen molar-refractivity contribution in [3.8, 4) is 0 Å². The van der Waals surface area contributed by atoms with Gasteiger partial charge in [0.25, 0.3) is 0 Å². The first kappa shape index (κ1) is 23.7. The van der Waals surface area contributed by atoms with Crippen molar-refractivity contribution in [2.45, 2.75) is 43.4 Å². The molecule has 174 valence electrons. The summed E-state index contributed by atoms with van der Waals surface area (Å²) in [6.07, 6.45) is 3.88. The number of hydrogen-bond acceptors (Lipinski definition) is 8. The molecular formula is C23H24FN3O4S2. The Kier molecular flexibility index (Phi) is 7.67. The normalized spacial score (nSPS) is 21.1. The Hall–Kier alpha value is -2.43. The Balaban J connectivity index is 1.59. The summed E-state index contributed by atoms with van der Waals surface area (Å²) >= 11 is 2.35. The second kappa shape index (κ2) is 10.7. The second-order valence-electron chi connectivity index (χ2n) is 8.28. The Morgan fingerprint density at radius 2 is 2.03 bits per heavy atom. The molecule has 2 unspecified atom stereocenters. The number of nitrogens with zero attached hydrogens (tertiary/aromatic N) is 3. The fraction of sp³-hybridized carbons (Fsp3) is 0.435. The maximum absolute atomic E-state index is 14.7. The van der Waals surface area contributed by atoms with Crippen LogP contribution in [0.2, 0.25) is 0 Å². The van der Waals surface area contributed by atoms with E-state index in [0.29, 0.717) is 30.8 Å². The van der Waals surface area contributed by atoms with Crippen molar-refractivity contribution in [2.75, 3.05) is 13.1 Å². The van der Waals surface area contributed by atoms with Crippen LogP contribution in [0, 0.1) is 11.7 Å². The topological polar surface area (TPSA) is 100 Å². The molecule has 1 aliphatic carbocycles. The predicted octanol–water partition coefficient (Wildman–Crippen LogP) is 3.98. The van der Waals surface area contributed by atoms with E-state index in [4.69, 9.17) is 5.11 Å². The lowest BCUT2D eigenvalue weighted by Crippen LogP contribution is -2.43. The molecule has 1 saturated carbocycles. The lowest BCUT2D eigenvalue weighted by Gasteiger charge is -2.38. The number of hydrogen-bond donors (Lipinski definition) is 1. The molecule has 1 N–H and O–H groups in total. The van der Waals surface area contributed by atoms with E-state index in [-0.39, 0.29) is 34.9 Å². The molecule has 2 fully saturated rings. The number of carboxylic acid groups (broad SMARTS) is 1. The van der Waals surface area contributed by atoms with Crippen molar-refractivity contribution in [3.05, 3.63) is 52.3 Å². The summed E-state index contributed by atoms with van der Waals surface area (Å²) in [7, 11) is 0. The smallest absolute Gasteiger partial charge is 0.303 e. The minimum atomic E-state index is -1.01. The average Bonchev–Trinajstić information content (AvgIpc) is 3.52. The molecule has 0 spiro atoms. The first-order valence-corrected chi connectivity index (χ1v) is 12.5. The fourth-order valence-corrected chi connectivity index (χ4v) is 5.51. The van der Waals surface area contributed by atoms with Crippen molar-refractivity contribution in [1.29, 1.82) is 0 Å². The molecule has 2 aliphatic rings. The van der Waals surface area contributed by atoms with E-state index < -0.39 is 17.8 Å². The SMILES string of the molecule is O=C(O)CCC(=O)SC1CCN(C(C(=O)C2CC2)c2ccccc2F)C/C1=C/c1csnn1. The molecule has 2 aromatic rings. The first-order valence-electron chi connectivity index (χ1n) is 10.8. The van der Waals surface area contributed by atoms with Crippen LogP contribution in [0.15, 0.2) is 35.2 Å². The third-order valence-corrected chi connectivity index (χ3v) is 7.63. The number of carboxylic acids is 1. The predicted molar refractivity (Wildman–Crippen MR) is 124 cm³/mol. The number of carbonyl (C=O) groups is 3. The minimum absolute atomic E-state index is 0.0329. The zero-order valence-electron chi connectivity index (χ0n) is 17.9. The molecule has 33 heavy (non-hydrogen) atoms. The Labute approximate surface area is 199 Å². The molecule has 1 aliphatic heterocycles. The maximum Gasteiger partial charge on any atom is 0.303 e. The summed E-state index contributed by atoms with van der Waals surface area (Å²) in [5.41, 5.74) is 1.94. The van der Waals surface area contributed by atoms with Crippen molar-refractivity contribution in [1.82, 2.24) is 14.5 Å². The first-order chi connectivity index (χ1) is 15.9. The lowest BCUT2D eigenvalue weighted by atomic mass is 9.93. The Morgan fingerprint density at radius 1 is 1.24 bits per heavy atom. The Bertz CT molecular complexity index is 1060. The standard InChI is InChI=1S/C23H24FN3O4S2/c24-18-4-2-1-3-17(18)22(23(31)14-5-6-14)27-10-9-19(33-21(30)8-7-20(28)29)15(12-27)11-16-13-32-26-25-16/h1-4,11,13-14,19,22H,5-10,12H2,(H,28,29)/b15-11-. The van der Waals surface area contributed by atoms with Crippen molar-refractivity contribution < 1.29 is 23.9 Å². The number of aromatic nitrogens is 2. The van der Waals surface area contributed by atoms with Gasteiger partial charge in [-0.1, -0.05) is 34.4 Å². The highest BCUT2D eigenvalue weighted by Gasteiger charge is 2.41. The van der Waals surface area contributed by atoms with Gasteiger partial charge >= 0.3 is 5.97 Å². The average molecular weight is 490 g/mol. The maximum atomic E-state index is 14.7. The van der Waals surface area contributed by atoms with Gasteiger partial charge in [-0.05, 0) is 48.5 Å². The monoisotopic (exact) mass is 489 g/mol. The summed E-state index contributed by atoms with van der Waals surface area (Å²) < 4.78 is 18.6. The summed E-state index contributed by atoms with van der Waals surface area (Å²) in [4.78, 5) is 38.4. The highest BCUT2D eigenvalue weighted by molar-refractivity contribution is 8.14. The van der Waals surface area contributed by atoms with Crippen molar-refractivity contribution in [3.63, 3.8) is 0 Å².